The highest BCUT2D eigenvalue weighted by Gasteiger charge is 2.24. The van der Waals surface area contributed by atoms with E-state index in [0.717, 1.165) is 32.5 Å². The molecule has 0 bridgehead atoms. The molecule has 1 aliphatic heterocycles. The van der Waals surface area contributed by atoms with Gasteiger partial charge in [-0.15, -0.1) is 0 Å². The van der Waals surface area contributed by atoms with Crippen molar-refractivity contribution in [3.8, 4) is 5.75 Å². The minimum absolute atomic E-state index is 0.0894. The van der Waals surface area contributed by atoms with Crippen molar-refractivity contribution < 1.29 is 19.3 Å². The van der Waals surface area contributed by atoms with Crippen LogP contribution in [0.2, 0.25) is 0 Å². The topological polar surface area (TPSA) is 66.0 Å². The zero-order chi connectivity index (χ0) is 15.9. The van der Waals surface area contributed by atoms with Gasteiger partial charge in [0.1, 0.15) is 31.0 Å². The number of benzene rings is 1. The van der Waals surface area contributed by atoms with Crippen LogP contribution in [0.3, 0.4) is 0 Å². The molecule has 22 heavy (non-hydrogen) atoms. The summed E-state index contributed by atoms with van der Waals surface area (Å²) >= 11 is 0. The molecule has 2 rings (SSSR count). The minimum atomic E-state index is -0.406. The number of nitro benzene ring substituents is 1. The molecule has 0 saturated carbocycles. The van der Waals surface area contributed by atoms with E-state index in [0.29, 0.717) is 24.6 Å². The van der Waals surface area contributed by atoms with E-state index >= 15 is 0 Å². The highest BCUT2D eigenvalue weighted by atomic mass is 16.6. The third kappa shape index (κ3) is 5.27. The zero-order valence-electron chi connectivity index (χ0n) is 13.3. The van der Waals surface area contributed by atoms with Gasteiger partial charge < -0.3 is 14.4 Å². The van der Waals surface area contributed by atoms with Crippen LogP contribution in [-0.4, -0.2) is 43.4 Å². The van der Waals surface area contributed by atoms with Crippen molar-refractivity contribution in [2.75, 3.05) is 26.2 Å². The number of hydrogen-bond acceptors (Lipinski definition) is 4. The number of rotatable bonds is 7. The molecule has 1 saturated heterocycles. The monoisotopic (exact) mass is 309 g/mol. The molecular weight excluding hydrogens is 284 g/mol. The molecule has 0 amide bonds. The molecule has 1 aromatic carbocycles. The Hall–Kier alpha value is -1.66. The van der Waals surface area contributed by atoms with E-state index in [4.69, 9.17) is 9.47 Å². The zero-order valence-corrected chi connectivity index (χ0v) is 13.3. The Morgan fingerprint density at radius 2 is 1.86 bits per heavy atom. The number of nitrogens with one attached hydrogen (secondary N) is 1. The lowest BCUT2D eigenvalue weighted by atomic mass is 10.2. The van der Waals surface area contributed by atoms with E-state index < -0.39 is 4.92 Å². The highest BCUT2D eigenvalue weighted by Crippen LogP contribution is 2.17. The van der Waals surface area contributed by atoms with Crippen molar-refractivity contribution in [1.82, 2.24) is 0 Å². The van der Waals surface area contributed by atoms with Crippen molar-refractivity contribution in [3.63, 3.8) is 0 Å². The fraction of sp³-hybridized carbons (Fsp3) is 0.625. The van der Waals surface area contributed by atoms with Gasteiger partial charge in [-0.1, -0.05) is 0 Å². The first-order valence-electron chi connectivity index (χ1n) is 7.91. The van der Waals surface area contributed by atoms with Crippen LogP contribution in [0.4, 0.5) is 5.69 Å². The van der Waals surface area contributed by atoms with Crippen molar-refractivity contribution in [2.45, 2.75) is 38.9 Å². The molecule has 1 aliphatic rings. The molecule has 1 N–H and O–H groups in total. The maximum atomic E-state index is 10.6. The lowest BCUT2D eigenvalue weighted by Gasteiger charge is -2.32. The summed E-state index contributed by atoms with van der Waals surface area (Å²) in [6.45, 7) is 8.20. The van der Waals surface area contributed by atoms with E-state index in [2.05, 4.69) is 13.8 Å². The van der Waals surface area contributed by atoms with Crippen molar-refractivity contribution in [3.05, 3.63) is 34.4 Å². The van der Waals surface area contributed by atoms with Gasteiger partial charge >= 0.3 is 0 Å². The predicted molar refractivity (Wildman–Crippen MR) is 83.4 cm³/mol. The van der Waals surface area contributed by atoms with Crippen LogP contribution in [0.1, 0.15) is 26.7 Å². The fourth-order valence-electron chi connectivity index (χ4n) is 2.92. The first kappa shape index (κ1) is 16.7. The van der Waals surface area contributed by atoms with E-state index in [1.54, 1.807) is 17.0 Å². The molecule has 2 atom stereocenters. The molecular formula is C16H25N2O4+. The Morgan fingerprint density at radius 1 is 1.23 bits per heavy atom. The van der Waals surface area contributed by atoms with Gasteiger partial charge in [-0.05, 0) is 38.8 Å². The van der Waals surface area contributed by atoms with Gasteiger partial charge in [0, 0.05) is 12.1 Å². The molecule has 0 spiro atoms. The molecule has 6 nitrogen and oxygen atoms in total. The number of nitro groups is 1. The predicted octanol–water partition coefficient (Wildman–Crippen LogP) is 1.45. The highest BCUT2D eigenvalue weighted by molar-refractivity contribution is 5.35. The first-order chi connectivity index (χ1) is 10.5. The van der Waals surface area contributed by atoms with Gasteiger partial charge in [0.15, 0.2) is 0 Å². The summed E-state index contributed by atoms with van der Waals surface area (Å²) in [5.41, 5.74) is 0.0894. The maximum absolute atomic E-state index is 10.6. The Bertz CT molecular complexity index is 468. The molecule has 1 fully saturated rings. The van der Waals surface area contributed by atoms with Gasteiger partial charge in [0.25, 0.3) is 5.69 Å². The molecule has 122 valence electrons. The summed E-state index contributed by atoms with van der Waals surface area (Å²) < 4.78 is 11.4. The quantitative estimate of drug-likeness (QED) is 0.470. The second kappa shape index (κ2) is 8.10. The van der Waals surface area contributed by atoms with Crippen LogP contribution in [0.5, 0.6) is 5.75 Å². The molecule has 6 heteroatoms. The minimum Gasteiger partial charge on any atom is -0.494 e. The van der Waals surface area contributed by atoms with Crippen LogP contribution in [0.25, 0.3) is 0 Å². The smallest absolute Gasteiger partial charge is 0.269 e. The summed E-state index contributed by atoms with van der Waals surface area (Å²) in [5, 5.41) is 10.6. The summed E-state index contributed by atoms with van der Waals surface area (Å²) in [5.74, 6) is 0.687. The molecule has 1 aromatic rings. The summed E-state index contributed by atoms with van der Waals surface area (Å²) in [6, 6.07) is 6.23. The van der Waals surface area contributed by atoms with Crippen LogP contribution < -0.4 is 9.64 Å². The Morgan fingerprint density at radius 3 is 2.45 bits per heavy atom. The summed E-state index contributed by atoms with van der Waals surface area (Å²) in [6.07, 6.45) is 2.79. The fourth-order valence-corrected chi connectivity index (χ4v) is 2.92. The van der Waals surface area contributed by atoms with Crippen LogP contribution >= 0.6 is 0 Å². The van der Waals surface area contributed by atoms with Crippen molar-refractivity contribution >= 4 is 5.69 Å². The SMILES string of the molecule is C[C@@H]1C[NH+](CCCCOc2ccc([N+](=O)[O-])cc2)C[C@@H](C)O1. The van der Waals surface area contributed by atoms with Gasteiger partial charge in [0.05, 0.1) is 18.1 Å². The third-order valence-corrected chi connectivity index (χ3v) is 3.86. The number of ether oxygens (including phenoxy) is 2. The average Bonchev–Trinajstić information content (AvgIpc) is 2.46. The number of non-ortho nitro benzene ring substituents is 1. The number of nitrogens with zero attached hydrogens (tertiary/aromatic N) is 1. The number of morpholine rings is 1. The lowest BCUT2D eigenvalue weighted by Crippen LogP contribution is -3.15. The first-order valence-corrected chi connectivity index (χ1v) is 7.91. The normalized spacial score (nSPS) is 24.9. The average molecular weight is 309 g/mol. The van der Waals surface area contributed by atoms with E-state index in [1.807, 2.05) is 0 Å². The van der Waals surface area contributed by atoms with Gasteiger partial charge in [0.2, 0.25) is 0 Å². The largest absolute Gasteiger partial charge is 0.494 e. The Balaban J connectivity index is 1.62. The molecule has 0 aromatic heterocycles. The van der Waals surface area contributed by atoms with E-state index in [-0.39, 0.29) is 5.69 Å². The Kier molecular flexibility index (Phi) is 6.15. The van der Waals surface area contributed by atoms with Gasteiger partial charge in [-0.3, -0.25) is 10.1 Å². The maximum Gasteiger partial charge on any atom is 0.269 e. The molecule has 0 radical (unpaired) electrons. The van der Waals surface area contributed by atoms with Crippen LogP contribution in [-0.2, 0) is 4.74 Å². The number of hydrogen-bond donors (Lipinski definition) is 1. The second-order valence-corrected chi connectivity index (χ2v) is 5.97. The van der Waals surface area contributed by atoms with Gasteiger partial charge in [-0.25, -0.2) is 0 Å². The van der Waals surface area contributed by atoms with Crippen molar-refractivity contribution in [1.29, 1.82) is 0 Å². The van der Waals surface area contributed by atoms with E-state index in [1.165, 1.54) is 12.1 Å². The van der Waals surface area contributed by atoms with Crippen LogP contribution in [0, 0.1) is 10.1 Å². The number of unbranched alkanes of at least 4 members (excludes halogenated alkanes) is 1. The van der Waals surface area contributed by atoms with E-state index in [9.17, 15) is 10.1 Å². The lowest BCUT2D eigenvalue weighted by molar-refractivity contribution is -0.915. The third-order valence-electron chi connectivity index (χ3n) is 3.86. The summed E-state index contributed by atoms with van der Waals surface area (Å²) in [7, 11) is 0. The molecule has 1 heterocycles. The van der Waals surface area contributed by atoms with Crippen molar-refractivity contribution in [2.24, 2.45) is 0 Å². The molecule has 0 aliphatic carbocycles. The Labute approximate surface area is 131 Å². The number of quaternary nitrogens is 1. The molecule has 0 unspecified atom stereocenters. The van der Waals surface area contributed by atoms with Gasteiger partial charge in [-0.2, -0.15) is 0 Å². The summed E-state index contributed by atoms with van der Waals surface area (Å²) in [4.78, 5) is 11.8. The second-order valence-electron chi connectivity index (χ2n) is 5.97. The van der Waals surface area contributed by atoms with Crippen LogP contribution in [0.15, 0.2) is 24.3 Å². The standard InChI is InChI=1S/C16H24N2O4/c1-13-11-17(12-14(2)22-13)9-3-4-10-21-16-7-5-15(6-8-16)18(19)20/h5-8,13-14H,3-4,9-12H2,1-2H3/p+1/t13-,14-/m1/s1.